The Balaban J connectivity index is 2.02. The van der Waals surface area contributed by atoms with Crippen LogP contribution >= 0.6 is 0 Å². The van der Waals surface area contributed by atoms with Gasteiger partial charge in [0, 0.05) is 18.4 Å². The van der Waals surface area contributed by atoms with Gasteiger partial charge < -0.3 is 15.0 Å². The van der Waals surface area contributed by atoms with E-state index in [9.17, 15) is 0 Å². The molecule has 20 heavy (non-hydrogen) atoms. The molecule has 1 fully saturated rings. The van der Waals surface area contributed by atoms with E-state index in [4.69, 9.17) is 15.0 Å². The van der Waals surface area contributed by atoms with Crippen LogP contribution in [-0.2, 0) is 10.3 Å². The summed E-state index contributed by atoms with van der Waals surface area (Å²) in [4.78, 5) is 4.53. The lowest BCUT2D eigenvalue weighted by atomic mass is 9.79. The predicted octanol–water partition coefficient (Wildman–Crippen LogP) is 2.96. The van der Waals surface area contributed by atoms with E-state index in [1.807, 2.05) is 26.0 Å². The van der Waals surface area contributed by atoms with Gasteiger partial charge in [-0.2, -0.15) is 4.98 Å². The van der Waals surface area contributed by atoms with E-state index in [0.29, 0.717) is 17.4 Å². The van der Waals surface area contributed by atoms with Crippen molar-refractivity contribution in [2.45, 2.75) is 38.7 Å². The van der Waals surface area contributed by atoms with E-state index < -0.39 is 0 Å². The molecule has 1 heterocycles. The van der Waals surface area contributed by atoms with Crippen LogP contribution in [0.4, 0.5) is 5.69 Å². The van der Waals surface area contributed by atoms with Crippen LogP contribution in [0.1, 0.15) is 36.2 Å². The van der Waals surface area contributed by atoms with Gasteiger partial charge in [0.15, 0.2) is 0 Å². The Morgan fingerprint density at radius 1 is 1.30 bits per heavy atom. The number of nitrogen functional groups attached to an aromatic ring is 1. The lowest BCUT2D eigenvalue weighted by molar-refractivity contribution is -0.0858. The molecule has 0 aliphatic heterocycles. The molecule has 0 atom stereocenters. The van der Waals surface area contributed by atoms with Crippen molar-refractivity contribution in [3.05, 3.63) is 29.1 Å². The predicted molar refractivity (Wildman–Crippen MR) is 76.2 cm³/mol. The Labute approximate surface area is 118 Å². The first-order chi connectivity index (χ1) is 9.55. The average Bonchev–Trinajstić information content (AvgIpc) is 2.83. The number of hydrogen-bond donors (Lipinski definition) is 1. The molecule has 0 radical (unpaired) electrons. The van der Waals surface area contributed by atoms with Crippen LogP contribution in [0.25, 0.3) is 11.5 Å². The van der Waals surface area contributed by atoms with E-state index in [1.54, 1.807) is 7.11 Å². The van der Waals surface area contributed by atoms with Crippen LogP contribution in [0.3, 0.4) is 0 Å². The summed E-state index contributed by atoms with van der Waals surface area (Å²) in [6, 6.07) is 3.82. The lowest BCUT2D eigenvalue weighted by Crippen LogP contribution is -2.37. The molecule has 0 bridgehead atoms. The Kier molecular flexibility index (Phi) is 3.01. The third-order valence-corrected chi connectivity index (χ3v) is 4.31. The van der Waals surface area contributed by atoms with Crippen molar-refractivity contribution < 1.29 is 9.26 Å². The molecule has 1 saturated carbocycles. The van der Waals surface area contributed by atoms with E-state index >= 15 is 0 Å². The molecule has 2 N–H and O–H groups in total. The highest BCUT2D eigenvalue weighted by Crippen LogP contribution is 2.43. The normalized spacial score (nSPS) is 16.9. The topological polar surface area (TPSA) is 74.2 Å². The van der Waals surface area contributed by atoms with Crippen molar-refractivity contribution in [1.29, 1.82) is 0 Å². The molecule has 0 unspecified atom stereocenters. The lowest BCUT2D eigenvalue weighted by Gasteiger charge is -2.37. The Morgan fingerprint density at radius 3 is 2.65 bits per heavy atom. The number of methoxy groups -OCH3 is 1. The molecule has 1 aromatic heterocycles. The number of nitrogens with two attached hydrogens (primary N) is 1. The molecule has 0 amide bonds. The molecule has 106 valence electrons. The second-order valence-electron chi connectivity index (χ2n) is 5.49. The molecule has 1 aromatic carbocycles. The first-order valence-corrected chi connectivity index (χ1v) is 6.82. The van der Waals surface area contributed by atoms with Gasteiger partial charge in [-0.25, -0.2) is 0 Å². The number of aryl methyl sites for hydroxylation is 1. The number of nitrogens with zero attached hydrogens (tertiary/aromatic N) is 2. The summed E-state index contributed by atoms with van der Waals surface area (Å²) in [6.45, 7) is 4.05. The van der Waals surface area contributed by atoms with Gasteiger partial charge in [0.2, 0.25) is 5.82 Å². The van der Waals surface area contributed by atoms with Gasteiger partial charge in [-0.3, -0.25) is 0 Å². The molecule has 3 rings (SSSR count). The maximum Gasteiger partial charge on any atom is 0.258 e. The largest absolute Gasteiger partial charge is 0.399 e. The molecule has 2 aromatic rings. The highest BCUT2D eigenvalue weighted by Gasteiger charge is 2.43. The third-order valence-electron chi connectivity index (χ3n) is 4.31. The molecule has 0 spiro atoms. The number of aromatic nitrogens is 2. The zero-order valence-electron chi connectivity index (χ0n) is 12.1. The second-order valence-corrected chi connectivity index (χ2v) is 5.49. The van der Waals surface area contributed by atoms with Gasteiger partial charge in [0.25, 0.3) is 5.89 Å². The highest BCUT2D eigenvalue weighted by molar-refractivity contribution is 5.66. The van der Waals surface area contributed by atoms with Crippen LogP contribution in [0.5, 0.6) is 0 Å². The van der Waals surface area contributed by atoms with Gasteiger partial charge >= 0.3 is 0 Å². The van der Waals surface area contributed by atoms with Crippen molar-refractivity contribution in [3.63, 3.8) is 0 Å². The van der Waals surface area contributed by atoms with Gasteiger partial charge in [0.05, 0.1) is 0 Å². The SMILES string of the molecule is COC1(c2noc(-c3cc(N)cc(C)c3C)n2)CCC1. The molecule has 5 heteroatoms. The average molecular weight is 273 g/mol. The summed E-state index contributed by atoms with van der Waals surface area (Å²) in [5.41, 5.74) is 9.37. The Hall–Kier alpha value is -1.88. The fourth-order valence-electron chi connectivity index (χ4n) is 2.64. The van der Waals surface area contributed by atoms with Crippen molar-refractivity contribution in [3.8, 4) is 11.5 Å². The molecule has 1 aliphatic carbocycles. The summed E-state index contributed by atoms with van der Waals surface area (Å²) < 4.78 is 11.0. The summed E-state index contributed by atoms with van der Waals surface area (Å²) in [7, 11) is 1.70. The maximum absolute atomic E-state index is 5.91. The standard InChI is InChI=1S/C15H19N3O2/c1-9-7-11(16)8-12(10(9)2)13-17-14(18-20-13)15(19-3)5-4-6-15/h7-8H,4-6,16H2,1-3H3. The third kappa shape index (κ3) is 1.89. The minimum atomic E-state index is -0.356. The fourth-order valence-corrected chi connectivity index (χ4v) is 2.64. The first-order valence-electron chi connectivity index (χ1n) is 6.82. The van der Waals surface area contributed by atoms with Crippen LogP contribution in [-0.4, -0.2) is 17.3 Å². The molecule has 1 aliphatic rings. The Bertz CT molecular complexity index is 639. The van der Waals surface area contributed by atoms with Gasteiger partial charge in [-0.05, 0) is 56.4 Å². The van der Waals surface area contributed by atoms with Crippen LogP contribution in [0.2, 0.25) is 0 Å². The molecule has 0 saturated heterocycles. The first kappa shape index (κ1) is 13.1. The number of rotatable bonds is 3. The van der Waals surface area contributed by atoms with Crippen molar-refractivity contribution in [2.24, 2.45) is 0 Å². The highest BCUT2D eigenvalue weighted by atomic mass is 16.5. The number of ether oxygens (including phenoxy) is 1. The van der Waals surface area contributed by atoms with E-state index in [2.05, 4.69) is 10.1 Å². The summed E-state index contributed by atoms with van der Waals surface area (Å²) in [5.74, 6) is 1.15. The van der Waals surface area contributed by atoms with Gasteiger partial charge in [0.1, 0.15) is 5.60 Å². The summed E-state index contributed by atoms with van der Waals surface area (Å²) in [5, 5.41) is 4.11. The minimum Gasteiger partial charge on any atom is -0.399 e. The van der Waals surface area contributed by atoms with Gasteiger partial charge in [-0.1, -0.05) is 5.16 Å². The quantitative estimate of drug-likeness (QED) is 0.870. The fraction of sp³-hybridized carbons (Fsp3) is 0.467. The minimum absolute atomic E-state index is 0.356. The monoisotopic (exact) mass is 273 g/mol. The number of hydrogen-bond acceptors (Lipinski definition) is 5. The van der Waals surface area contributed by atoms with E-state index in [0.717, 1.165) is 36.0 Å². The van der Waals surface area contributed by atoms with Crippen LogP contribution in [0.15, 0.2) is 16.7 Å². The van der Waals surface area contributed by atoms with Gasteiger partial charge in [-0.15, -0.1) is 0 Å². The van der Waals surface area contributed by atoms with E-state index in [-0.39, 0.29) is 5.60 Å². The second kappa shape index (κ2) is 4.59. The smallest absolute Gasteiger partial charge is 0.258 e. The molecular formula is C15H19N3O2. The number of anilines is 1. The molecule has 5 nitrogen and oxygen atoms in total. The summed E-state index contributed by atoms with van der Waals surface area (Å²) >= 11 is 0. The van der Waals surface area contributed by atoms with Crippen molar-refractivity contribution >= 4 is 5.69 Å². The molecular weight excluding hydrogens is 254 g/mol. The van der Waals surface area contributed by atoms with E-state index in [1.165, 1.54) is 0 Å². The summed E-state index contributed by atoms with van der Waals surface area (Å²) in [6.07, 6.45) is 3.02. The maximum atomic E-state index is 5.91. The van der Waals surface area contributed by atoms with Crippen molar-refractivity contribution in [1.82, 2.24) is 10.1 Å². The number of benzene rings is 1. The van der Waals surface area contributed by atoms with Crippen LogP contribution < -0.4 is 5.73 Å². The zero-order valence-corrected chi connectivity index (χ0v) is 12.1. The van der Waals surface area contributed by atoms with Crippen molar-refractivity contribution in [2.75, 3.05) is 12.8 Å². The zero-order chi connectivity index (χ0) is 14.3. The Morgan fingerprint density at radius 2 is 2.05 bits per heavy atom. The van der Waals surface area contributed by atoms with Crippen LogP contribution in [0, 0.1) is 13.8 Å².